The van der Waals surface area contributed by atoms with Crippen molar-refractivity contribution in [1.29, 1.82) is 0 Å². The van der Waals surface area contributed by atoms with Crippen LogP contribution in [0.5, 0.6) is 0 Å². The molecule has 1 rings (SSSR count). The molecule has 3 nitrogen and oxygen atoms in total. The molecule has 86 valence electrons. The SMILES string of the molecule is COCC(=O)CC(=O)c1cc(C)cc(C)c1. The Morgan fingerprint density at radius 3 is 2.19 bits per heavy atom. The van der Waals surface area contributed by atoms with Gasteiger partial charge in [0.05, 0.1) is 6.42 Å². The first-order valence-corrected chi connectivity index (χ1v) is 5.15. The standard InChI is InChI=1S/C13H16O3/c1-9-4-10(2)6-11(5-9)13(15)7-12(14)8-16-3/h4-6H,7-8H2,1-3H3. The summed E-state index contributed by atoms with van der Waals surface area (Å²) in [6.07, 6.45) is -0.0866. The number of aryl methyl sites for hydroxylation is 2. The van der Waals surface area contributed by atoms with E-state index < -0.39 is 0 Å². The highest BCUT2D eigenvalue weighted by atomic mass is 16.5. The van der Waals surface area contributed by atoms with Crippen LogP contribution < -0.4 is 0 Å². The van der Waals surface area contributed by atoms with Gasteiger partial charge in [-0.1, -0.05) is 17.2 Å². The zero-order valence-corrected chi connectivity index (χ0v) is 9.87. The molecule has 0 aliphatic heterocycles. The molecular formula is C13H16O3. The Labute approximate surface area is 95.4 Å². The topological polar surface area (TPSA) is 43.4 Å². The van der Waals surface area contributed by atoms with Crippen LogP contribution >= 0.6 is 0 Å². The fraction of sp³-hybridized carbons (Fsp3) is 0.385. The molecule has 0 unspecified atom stereocenters. The first-order chi connectivity index (χ1) is 7.52. The average molecular weight is 220 g/mol. The van der Waals surface area contributed by atoms with Gasteiger partial charge in [-0.25, -0.2) is 0 Å². The molecule has 0 fully saturated rings. The minimum atomic E-state index is -0.188. The van der Waals surface area contributed by atoms with Gasteiger partial charge < -0.3 is 4.74 Å². The predicted octanol–water partition coefficient (Wildman–Crippen LogP) is 2.09. The first kappa shape index (κ1) is 12.6. The van der Waals surface area contributed by atoms with Gasteiger partial charge in [-0.2, -0.15) is 0 Å². The Morgan fingerprint density at radius 2 is 1.69 bits per heavy atom. The zero-order valence-electron chi connectivity index (χ0n) is 9.87. The van der Waals surface area contributed by atoms with Gasteiger partial charge in [-0.05, 0) is 26.0 Å². The van der Waals surface area contributed by atoms with E-state index in [1.165, 1.54) is 7.11 Å². The van der Waals surface area contributed by atoms with Crippen molar-refractivity contribution in [1.82, 2.24) is 0 Å². The fourth-order valence-corrected chi connectivity index (χ4v) is 1.63. The van der Waals surface area contributed by atoms with Gasteiger partial charge in [0.15, 0.2) is 11.6 Å². The zero-order chi connectivity index (χ0) is 12.1. The van der Waals surface area contributed by atoms with Crippen molar-refractivity contribution in [3.8, 4) is 0 Å². The Balaban J connectivity index is 2.76. The molecule has 0 N–H and O–H groups in total. The number of carbonyl (C=O) groups is 2. The van der Waals surface area contributed by atoms with Crippen molar-refractivity contribution in [2.45, 2.75) is 20.3 Å². The fourth-order valence-electron chi connectivity index (χ4n) is 1.63. The molecule has 0 aromatic heterocycles. The summed E-state index contributed by atoms with van der Waals surface area (Å²) >= 11 is 0. The van der Waals surface area contributed by atoms with Crippen LogP contribution in [-0.4, -0.2) is 25.3 Å². The number of methoxy groups -OCH3 is 1. The Bertz CT molecular complexity index is 387. The van der Waals surface area contributed by atoms with E-state index in [9.17, 15) is 9.59 Å². The summed E-state index contributed by atoms with van der Waals surface area (Å²) in [5.74, 6) is -0.333. The van der Waals surface area contributed by atoms with Gasteiger partial charge in [0, 0.05) is 12.7 Å². The molecule has 0 bridgehead atoms. The normalized spacial score (nSPS) is 10.2. The third-order valence-corrected chi connectivity index (χ3v) is 2.21. The molecule has 1 aromatic rings. The Hall–Kier alpha value is -1.48. The van der Waals surface area contributed by atoms with E-state index in [-0.39, 0.29) is 24.6 Å². The van der Waals surface area contributed by atoms with E-state index in [0.717, 1.165) is 11.1 Å². The number of hydrogen-bond donors (Lipinski definition) is 0. The molecule has 3 heteroatoms. The molecule has 0 saturated carbocycles. The molecule has 0 amide bonds. The molecule has 0 radical (unpaired) electrons. The highest BCUT2D eigenvalue weighted by Gasteiger charge is 2.12. The second kappa shape index (κ2) is 5.56. The van der Waals surface area contributed by atoms with E-state index in [1.54, 1.807) is 12.1 Å². The number of hydrogen-bond acceptors (Lipinski definition) is 3. The van der Waals surface area contributed by atoms with Gasteiger partial charge >= 0.3 is 0 Å². The smallest absolute Gasteiger partial charge is 0.170 e. The van der Waals surface area contributed by atoms with E-state index in [1.807, 2.05) is 19.9 Å². The lowest BCUT2D eigenvalue weighted by atomic mass is 10.0. The summed E-state index contributed by atoms with van der Waals surface area (Å²) in [7, 11) is 1.44. The number of ketones is 2. The lowest BCUT2D eigenvalue weighted by molar-refractivity contribution is -0.121. The van der Waals surface area contributed by atoms with Crippen LogP contribution in [0.15, 0.2) is 18.2 Å². The van der Waals surface area contributed by atoms with Crippen molar-refractivity contribution >= 4 is 11.6 Å². The van der Waals surface area contributed by atoms with Crippen LogP contribution in [0.25, 0.3) is 0 Å². The van der Waals surface area contributed by atoms with Crippen molar-refractivity contribution in [3.63, 3.8) is 0 Å². The Morgan fingerprint density at radius 1 is 1.12 bits per heavy atom. The van der Waals surface area contributed by atoms with Crippen LogP contribution in [0.4, 0.5) is 0 Å². The summed E-state index contributed by atoms with van der Waals surface area (Å²) in [6, 6.07) is 5.60. The first-order valence-electron chi connectivity index (χ1n) is 5.15. The Kier molecular flexibility index (Phi) is 4.38. The van der Waals surface area contributed by atoms with Crippen LogP contribution in [0, 0.1) is 13.8 Å². The van der Waals surface area contributed by atoms with Crippen molar-refractivity contribution in [3.05, 3.63) is 34.9 Å². The third kappa shape index (κ3) is 3.59. The largest absolute Gasteiger partial charge is 0.377 e. The average Bonchev–Trinajstić information content (AvgIpc) is 2.16. The second-order valence-corrected chi connectivity index (χ2v) is 3.95. The molecule has 0 atom stereocenters. The minimum absolute atomic E-state index is 0.00343. The minimum Gasteiger partial charge on any atom is -0.377 e. The molecule has 1 aromatic carbocycles. The predicted molar refractivity (Wildman–Crippen MR) is 61.7 cm³/mol. The molecule has 0 aliphatic rings. The second-order valence-electron chi connectivity index (χ2n) is 3.95. The van der Waals surface area contributed by atoms with Crippen LogP contribution in [0.2, 0.25) is 0 Å². The van der Waals surface area contributed by atoms with E-state index in [0.29, 0.717) is 5.56 Å². The molecule has 0 spiro atoms. The molecule has 0 heterocycles. The summed E-state index contributed by atoms with van der Waals surface area (Å²) < 4.78 is 4.69. The van der Waals surface area contributed by atoms with E-state index in [2.05, 4.69) is 4.74 Å². The van der Waals surface area contributed by atoms with Gasteiger partial charge in [0.1, 0.15) is 6.61 Å². The van der Waals surface area contributed by atoms with Gasteiger partial charge in [0.25, 0.3) is 0 Å². The quantitative estimate of drug-likeness (QED) is 0.563. The summed E-state index contributed by atoms with van der Waals surface area (Å²) in [6.45, 7) is 3.86. The maximum absolute atomic E-state index is 11.8. The van der Waals surface area contributed by atoms with Gasteiger partial charge in [-0.15, -0.1) is 0 Å². The molecular weight excluding hydrogens is 204 g/mol. The third-order valence-electron chi connectivity index (χ3n) is 2.21. The van der Waals surface area contributed by atoms with Gasteiger partial charge in [-0.3, -0.25) is 9.59 Å². The highest BCUT2D eigenvalue weighted by molar-refractivity contribution is 6.08. The van der Waals surface area contributed by atoms with Crippen molar-refractivity contribution < 1.29 is 14.3 Å². The molecule has 0 saturated heterocycles. The van der Waals surface area contributed by atoms with Crippen LogP contribution in [0.1, 0.15) is 27.9 Å². The van der Waals surface area contributed by atoms with Crippen LogP contribution in [0.3, 0.4) is 0 Å². The molecule has 0 aliphatic carbocycles. The monoisotopic (exact) mass is 220 g/mol. The number of Topliss-reactive ketones (excluding diaryl/α,β-unsaturated/α-hetero) is 2. The lowest BCUT2D eigenvalue weighted by Gasteiger charge is -2.03. The number of carbonyl (C=O) groups excluding carboxylic acids is 2. The van der Waals surface area contributed by atoms with E-state index >= 15 is 0 Å². The number of ether oxygens (including phenoxy) is 1. The maximum Gasteiger partial charge on any atom is 0.170 e. The lowest BCUT2D eigenvalue weighted by Crippen LogP contribution is -2.13. The summed E-state index contributed by atoms with van der Waals surface area (Å²) in [5, 5.41) is 0. The van der Waals surface area contributed by atoms with Crippen LogP contribution in [-0.2, 0) is 9.53 Å². The summed E-state index contributed by atoms with van der Waals surface area (Å²) in [4.78, 5) is 23.0. The molecule has 16 heavy (non-hydrogen) atoms. The highest BCUT2D eigenvalue weighted by Crippen LogP contribution is 2.11. The van der Waals surface area contributed by atoms with E-state index in [4.69, 9.17) is 0 Å². The van der Waals surface area contributed by atoms with Gasteiger partial charge in [0.2, 0.25) is 0 Å². The summed E-state index contributed by atoms with van der Waals surface area (Å²) in [5.41, 5.74) is 2.66. The maximum atomic E-state index is 11.8. The van der Waals surface area contributed by atoms with Crippen molar-refractivity contribution in [2.24, 2.45) is 0 Å². The van der Waals surface area contributed by atoms with Crippen molar-refractivity contribution in [2.75, 3.05) is 13.7 Å². The number of rotatable bonds is 5. The number of benzene rings is 1.